The summed E-state index contributed by atoms with van der Waals surface area (Å²) < 4.78 is 5.27. The smallest absolute Gasteiger partial charge is 0.143 e. The first-order valence-corrected chi connectivity index (χ1v) is 8.89. The average molecular weight is 350 g/mol. The van der Waals surface area contributed by atoms with Gasteiger partial charge in [0.15, 0.2) is 0 Å². The maximum absolute atomic E-state index is 5.27. The van der Waals surface area contributed by atoms with Crippen LogP contribution in [0, 0.1) is 19.8 Å². The second-order valence-corrected chi connectivity index (χ2v) is 6.93. The maximum atomic E-state index is 5.27. The van der Waals surface area contributed by atoms with Crippen molar-refractivity contribution in [3.8, 4) is 11.3 Å². The minimum Gasteiger partial charge on any atom is -0.361 e. The SMILES string of the molecule is Cc1noc(C)c1-c1cc(CC2CCN(Cc3cncnc3)C2)ncn1. The molecule has 3 aromatic rings. The van der Waals surface area contributed by atoms with Gasteiger partial charge in [-0.1, -0.05) is 5.16 Å². The number of likely N-dealkylation sites (tertiary alicyclic amines) is 1. The van der Waals surface area contributed by atoms with Crippen molar-refractivity contribution >= 4 is 0 Å². The molecule has 0 radical (unpaired) electrons. The van der Waals surface area contributed by atoms with Gasteiger partial charge in [-0.2, -0.15) is 0 Å². The van der Waals surface area contributed by atoms with Crippen LogP contribution < -0.4 is 0 Å². The Kier molecular flexibility index (Phi) is 4.71. The van der Waals surface area contributed by atoms with E-state index in [1.807, 2.05) is 26.2 Å². The lowest BCUT2D eigenvalue weighted by molar-refractivity contribution is 0.315. The van der Waals surface area contributed by atoms with Gasteiger partial charge in [0.2, 0.25) is 0 Å². The fourth-order valence-corrected chi connectivity index (χ4v) is 3.68. The van der Waals surface area contributed by atoms with Crippen LogP contribution in [0.3, 0.4) is 0 Å². The molecular formula is C19H22N6O. The molecule has 0 spiro atoms. The summed E-state index contributed by atoms with van der Waals surface area (Å²) in [5, 5.41) is 4.02. The molecule has 0 aliphatic carbocycles. The van der Waals surface area contributed by atoms with Gasteiger partial charge in [-0.05, 0) is 45.2 Å². The van der Waals surface area contributed by atoms with Crippen LogP contribution in [0.15, 0.2) is 35.6 Å². The van der Waals surface area contributed by atoms with Gasteiger partial charge < -0.3 is 4.52 Å². The molecule has 0 bridgehead atoms. The summed E-state index contributed by atoms with van der Waals surface area (Å²) in [7, 11) is 0. The first-order valence-electron chi connectivity index (χ1n) is 8.89. The van der Waals surface area contributed by atoms with Gasteiger partial charge in [-0.3, -0.25) is 4.90 Å². The van der Waals surface area contributed by atoms with Gasteiger partial charge in [-0.25, -0.2) is 19.9 Å². The Morgan fingerprint density at radius 1 is 1.15 bits per heavy atom. The van der Waals surface area contributed by atoms with Gasteiger partial charge in [0.25, 0.3) is 0 Å². The van der Waals surface area contributed by atoms with Gasteiger partial charge in [-0.15, -0.1) is 0 Å². The minimum absolute atomic E-state index is 0.604. The van der Waals surface area contributed by atoms with E-state index in [4.69, 9.17) is 4.52 Å². The summed E-state index contributed by atoms with van der Waals surface area (Å²) in [5.74, 6) is 1.40. The molecule has 1 fully saturated rings. The Morgan fingerprint density at radius 3 is 2.77 bits per heavy atom. The molecule has 1 unspecified atom stereocenters. The topological polar surface area (TPSA) is 80.8 Å². The molecule has 134 valence electrons. The average Bonchev–Trinajstić information content (AvgIpc) is 3.22. The Labute approximate surface area is 152 Å². The summed E-state index contributed by atoms with van der Waals surface area (Å²) in [6.07, 6.45) is 9.13. The van der Waals surface area contributed by atoms with E-state index in [9.17, 15) is 0 Å². The molecule has 1 atom stereocenters. The van der Waals surface area contributed by atoms with Crippen molar-refractivity contribution in [2.45, 2.75) is 33.2 Å². The standard InChI is InChI=1S/C19H22N6O/c1-13-19(14(2)26-24-13)18-6-17(22-12-23-18)5-15-3-4-25(9-15)10-16-7-20-11-21-8-16/h6-8,11-12,15H,3-5,9-10H2,1-2H3. The lowest BCUT2D eigenvalue weighted by atomic mass is 10.0. The van der Waals surface area contributed by atoms with E-state index in [2.05, 4.69) is 36.1 Å². The Hall–Kier alpha value is -2.67. The van der Waals surface area contributed by atoms with Crippen LogP contribution in [0.5, 0.6) is 0 Å². The molecule has 0 aromatic carbocycles. The molecule has 26 heavy (non-hydrogen) atoms. The van der Waals surface area contributed by atoms with Crippen LogP contribution in [0.4, 0.5) is 0 Å². The van der Waals surface area contributed by atoms with Crippen LogP contribution in [0.25, 0.3) is 11.3 Å². The molecule has 0 amide bonds. The minimum atomic E-state index is 0.604. The molecule has 4 rings (SSSR count). The quantitative estimate of drug-likeness (QED) is 0.699. The van der Waals surface area contributed by atoms with Gasteiger partial charge >= 0.3 is 0 Å². The molecule has 0 saturated carbocycles. The summed E-state index contributed by atoms with van der Waals surface area (Å²) in [5.41, 5.74) is 4.97. The molecule has 3 aromatic heterocycles. The van der Waals surface area contributed by atoms with Crippen molar-refractivity contribution in [2.75, 3.05) is 13.1 Å². The lowest BCUT2D eigenvalue weighted by Gasteiger charge is -2.15. The number of aryl methyl sites for hydroxylation is 2. The van der Waals surface area contributed by atoms with E-state index in [-0.39, 0.29) is 0 Å². The van der Waals surface area contributed by atoms with Crippen LogP contribution in [0.2, 0.25) is 0 Å². The molecular weight excluding hydrogens is 328 g/mol. The third-order valence-electron chi connectivity index (χ3n) is 4.90. The fourth-order valence-electron chi connectivity index (χ4n) is 3.68. The molecule has 7 heteroatoms. The van der Waals surface area contributed by atoms with E-state index in [0.29, 0.717) is 5.92 Å². The highest BCUT2D eigenvalue weighted by molar-refractivity contribution is 5.63. The van der Waals surface area contributed by atoms with Crippen molar-refractivity contribution in [1.29, 1.82) is 0 Å². The molecule has 1 aliphatic rings. The van der Waals surface area contributed by atoms with E-state index >= 15 is 0 Å². The first-order chi connectivity index (χ1) is 12.7. The maximum Gasteiger partial charge on any atom is 0.143 e. The number of aromatic nitrogens is 5. The van der Waals surface area contributed by atoms with Crippen LogP contribution >= 0.6 is 0 Å². The molecule has 7 nitrogen and oxygen atoms in total. The highest BCUT2D eigenvalue weighted by Crippen LogP contribution is 2.27. The van der Waals surface area contributed by atoms with Gasteiger partial charge in [0, 0.05) is 36.7 Å². The predicted octanol–water partition coefficient (Wildman–Crippen LogP) is 2.60. The zero-order valence-electron chi connectivity index (χ0n) is 15.1. The van der Waals surface area contributed by atoms with Crippen molar-refractivity contribution in [1.82, 2.24) is 30.0 Å². The van der Waals surface area contributed by atoms with Crippen molar-refractivity contribution in [3.63, 3.8) is 0 Å². The fraction of sp³-hybridized carbons (Fsp3) is 0.421. The van der Waals surface area contributed by atoms with Crippen molar-refractivity contribution in [2.24, 2.45) is 5.92 Å². The van der Waals surface area contributed by atoms with E-state index in [1.165, 1.54) is 6.42 Å². The molecule has 1 aliphatic heterocycles. The Bertz CT molecular complexity index is 859. The monoisotopic (exact) mass is 350 g/mol. The second-order valence-electron chi connectivity index (χ2n) is 6.93. The summed E-state index contributed by atoms with van der Waals surface area (Å²) >= 11 is 0. The van der Waals surface area contributed by atoms with Gasteiger partial charge in [0.1, 0.15) is 18.4 Å². The van der Waals surface area contributed by atoms with Crippen LogP contribution in [-0.4, -0.2) is 43.1 Å². The predicted molar refractivity (Wildman–Crippen MR) is 96.1 cm³/mol. The van der Waals surface area contributed by atoms with E-state index in [1.54, 1.807) is 12.7 Å². The zero-order valence-corrected chi connectivity index (χ0v) is 15.1. The third kappa shape index (κ3) is 3.62. The van der Waals surface area contributed by atoms with E-state index in [0.717, 1.165) is 60.0 Å². The molecule has 4 heterocycles. The van der Waals surface area contributed by atoms with Crippen LogP contribution in [0.1, 0.15) is 29.1 Å². The normalized spacial score (nSPS) is 17.7. The number of nitrogens with zero attached hydrogens (tertiary/aromatic N) is 6. The molecule has 1 saturated heterocycles. The second kappa shape index (κ2) is 7.29. The largest absolute Gasteiger partial charge is 0.361 e. The van der Waals surface area contributed by atoms with Crippen LogP contribution in [-0.2, 0) is 13.0 Å². The Balaban J connectivity index is 1.41. The third-order valence-corrected chi connectivity index (χ3v) is 4.90. The lowest BCUT2D eigenvalue weighted by Crippen LogP contribution is -2.21. The van der Waals surface area contributed by atoms with E-state index < -0.39 is 0 Å². The number of hydrogen-bond acceptors (Lipinski definition) is 7. The Morgan fingerprint density at radius 2 is 2.00 bits per heavy atom. The van der Waals surface area contributed by atoms with Crippen molar-refractivity contribution in [3.05, 3.63) is 53.8 Å². The highest BCUT2D eigenvalue weighted by Gasteiger charge is 2.23. The number of hydrogen-bond donors (Lipinski definition) is 0. The first kappa shape index (κ1) is 16.8. The van der Waals surface area contributed by atoms with Gasteiger partial charge in [0.05, 0.1) is 17.0 Å². The zero-order chi connectivity index (χ0) is 17.9. The summed E-state index contributed by atoms with van der Waals surface area (Å²) in [4.78, 5) is 19.5. The summed E-state index contributed by atoms with van der Waals surface area (Å²) in [6, 6.07) is 2.07. The number of rotatable bonds is 5. The molecule has 0 N–H and O–H groups in total. The summed E-state index contributed by atoms with van der Waals surface area (Å²) in [6.45, 7) is 6.93. The van der Waals surface area contributed by atoms with Crippen molar-refractivity contribution < 1.29 is 4.52 Å². The highest BCUT2D eigenvalue weighted by atomic mass is 16.5.